The highest BCUT2D eigenvalue weighted by molar-refractivity contribution is 7.91. The molecule has 3 rings (SSSR count). The normalized spacial score (nSPS) is 16.3. The number of carbonyl (C=O) groups excluding carboxylic acids is 1. The highest BCUT2D eigenvalue weighted by Gasteiger charge is 2.30. The maximum Gasteiger partial charge on any atom is 0.252 e. The van der Waals surface area contributed by atoms with Crippen LogP contribution in [-0.2, 0) is 21.2 Å². The lowest BCUT2D eigenvalue weighted by Crippen LogP contribution is -2.51. The van der Waals surface area contributed by atoms with E-state index in [4.69, 9.17) is 11.6 Å². The molecule has 0 unspecified atom stereocenters. The first kappa shape index (κ1) is 20.3. The van der Waals surface area contributed by atoms with Gasteiger partial charge in [0.15, 0.2) is 0 Å². The van der Waals surface area contributed by atoms with Crippen LogP contribution in [0.1, 0.15) is 5.56 Å². The molecular formula is C18H22ClN3O3S2. The van der Waals surface area contributed by atoms with Gasteiger partial charge in [-0.1, -0.05) is 41.9 Å². The molecule has 1 aliphatic heterocycles. The van der Waals surface area contributed by atoms with Crippen molar-refractivity contribution >= 4 is 38.9 Å². The molecule has 0 saturated carbocycles. The third-order valence-electron chi connectivity index (χ3n) is 4.42. The SMILES string of the molecule is O=C(CN1CCN(S(=O)(=O)c2ccc(Cl)s2)CC1)NCCc1ccccc1. The van der Waals surface area contributed by atoms with Gasteiger partial charge in [-0.2, -0.15) is 4.31 Å². The summed E-state index contributed by atoms with van der Waals surface area (Å²) in [6.07, 6.45) is 0.794. The van der Waals surface area contributed by atoms with Crippen LogP contribution in [0.25, 0.3) is 0 Å². The van der Waals surface area contributed by atoms with E-state index in [1.54, 1.807) is 6.07 Å². The molecule has 1 aromatic heterocycles. The van der Waals surface area contributed by atoms with Crippen molar-refractivity contribution in [2.24, 2.45) is 0 Å². The number of carbonyl (C=O) groups is 1. The molecule has 2 heterocycles. The van der Waals surface area contributed by atoms with E-state index in [9.17, 15) is 13.2 Å². The van der Waals surface area contributed by atoms with Gasteiger partial charge in [-0.05, 0) is 24.1 Å². The summed E-state index contributed by atoms with van der Waals surface area (Å²) < 4.78 is 27.3. The third-order valence-corrected chi connectivity index (χ3v) is 8.02. The van der Waals surface area contributed by atoms with Gasteiger partial charge in [-0.3, -0.25) is 9.69 Å². The Balaban J connectivity index is 1.42. The van der Waals surface area contributed by atoms with Crippen LogP contribution in [0, 0.1) is 0 Å². The Morgan fingerprint density at radius 2 is 1.78 bits per heavy atom. The number of nitrogens with one attached hydrogen (secondary N) is 1. The Labute approximate surface area is 168 Å². The van der Waals surface area contributed by atoms with E-state index in [0.717, 1.165) is 17.8 Å². The van der Waals surface area contributed by atoms with E-state index in [1.165, 1.54) is 15.9 Å². The zero-order valence-corrected chi connectivity index (χ0v) is 17.2. The molecule has 27 heavy (non-hydrogen) atoms. The summed E-state index contributed by atoms with van der Waals surface area (Å²) in [4.78, 5) is 14.1. The minimum Gasteiger partial charge on any atom is -0.355 e. The van der Waals surface area contributed by atoms with Gasteiger partial charge in [0, 0.05) is 32.7 Å². The molecule has 0 bridgehead atoms. The molecule has 1 aliphatic rings. The fourth-order valence-corrected chi connectivity index (χ4v) is 6.00. The minimum absolute atomic E-state index is 0.0349. The number of hydrogen-bond acceptors (Lipinski definition) is 5. The second-order valence-corrected chi connectivity index (χ2v) is 10.2. The molecule has 9 heteroatoms. The van der Waals surface area contributed by atoms with Crippen LogP contribution in [0.3, 0.4) is 0 Å². The topological polar surface area (TPSA) is 69.7 Å². The summed E-state index contributed by atoms with van der Waals surface area (Å²) in [6.45, 7) is 2.68. The van der Waals surface area contributed by atoms with Crippen LogP contribution in [0.15, 0.2) is 46.7 Å². The van der Waals surface area contributed by atoms with Crippen LogP contribution >= 0.6 is 22.9 Å². The fraction of sp³-hybridized carbons (Fsp3) is 0.389. The van der Waals surface area contributed by atoms with Gasteiger partial charge in [0.05, 0.1) is 10.9 Å². The largest absolute Gasteiger partial charge is 0.355 e. The molecule has 1 aromatic carbocycles. The number of thiophene rings is 1. The van der Waals surface area contributed by atoms with Crippen molar-refractivity contribution < 1.29 is 13.2 Å². The molecular weight excluding hydrogens is 406 g/mol. The monoisotopic (exact) mass is 427 g/mol. The Morgan fingerprint density at radius 3 is 2.41 bits per heavy atom. The predicted molar refractivity (Wildman–Crippen MR) is 108 cm³/mol. The van der Waals surface area contributed by atoms with E-state index in [0.29, 0.717) is 37.1 Å². The molecule has 1 saturated heterocycles. The van der Waals surface area contributed by atoms with Crippen molar-refractivity contribution in [3.8, 4) is 0 Å². The van der Waals surface area contributed by atoms with Gasteiger partial charge in [0.2, 0.25) is 5.91 Å². The maximum absolute atomic E-state index is 12.6. The quantitative estimate of drug-likeness (QED) is 0.734. The van der Waals surface area contributed by atoms with E-state index in [1.807, 2.05) is 35.2 Å². The van der Waals surface area contributed by atoms with E-state index in [-0.39, 0.29) is 16.7 Å². The minimum atomic E-state index is -3.50. The lowest BCUT2D eigenvalue weighted by Gasteiger charge is -2.33. The van der Waals surface area contributed by atoms with Crippen molar-refractivity contribution in [1.82, 2.24) is 14.5 Å². The summed E-state index contributed by atoms with van der Waals surface area (Å²) in [5, 5.41) is 2.92. The Morgan fingerprint density at radius 1 is 1.07 bits per heavy atom. The average Bonchev–Trinajstić information content (AvgIpc) is 3.10. The fourth-order valence-electron chi connectivity index (χ4n) is 2.94. The van der Waals surface area contributed by atoms with Crippen LogP contribution in [0.2, 0.25) is 4.34 Å². The molecule has 0 atom stereocenters. The first-order chi connectivity index (χ1) is 12.9. The number of piperazine rings is 1. The van der Waals surface area contributed by atoms with Gasteiger partial charge in [-0.15, -0.1) is 11.3 Å². The second-order valence-electron chi connectivity index (χ2n) is 6.32. The summed E-state index contributed by atoms with van der Waals surface area (Å²) in [5.41, 5.74) is 1.19. The molecule has 6 nitrogen and oxygen atoms in total. The number of rotatable bonds is 7. The predicted octanol–water partition coefficient (Wildman–Crippen LogP) is 2.07. The zero-order chi connectivity index (χ0) is 19.3. The molecule has 0 spiro atoms. The molecule has 146 valence electrons. The van der Waals surface area contributed by atoms with Crippen LogP contribution in [0.4, 0.5) is 0 Å². The maximum atomic E-state index is 12.6. The third kappa shape index (κ3) is 5.52. The second kappa shape index (κ2) is 9.16. The van der Waals surface area contributed by atoms with Gasteiger partial charge in [0.25, 0.3) is 10.0 Å². The number of amides is 1. The lowest BCUT2D eigenvalue weighted by molar-refractivity contribution is -0.122. The molecule has 0 radical (unpaired) electrons. The van der Waals surface area contributed by atoms with Gasteiger partial charge < -0.3 is 5.32 Å². The van der Waals surface area contributed by atoms with Crippen molar-refractivity contribution in [3.63, 3.8) is 0 Å². The first-order valence-electron chi connectivity index (χ1n) is 8.73. The van der Waals surface area contributed by atoms with Crippen LogP contribution < -0.4 is 5.32 Å². The number of hydrogen-bond donors (Lipinski definition) is 1. The molecule has 1 fully saturated rings. The number of benzene rings is 1. The molecule has 1 amide bonds. The Bertz CT molecular complexity index is 863. The van der Waals surface area contributed by atoms with E-state index in [2.05, 4.69) is 5.32 Å². The first-order valence-corrected chi connectivity index (χ1v) is 11.4. The highest BCUT2D eigenvalue weighted by atomic mass is 35.5. The van der Waals surface area contributed by atoms with Crippen molar-refractivity contribution in [3.05, 3.63) is 52.4 Å². The smallest absolute Gasteiger partial charge is 0.252 e. The lowest BCUT2D eigenvalue weighted by atomic mass is 10.1. The van der Waals surface area contributed by atoms with E-state index < -0.39 is 10.0 Å². The number of halogens is 1. The molecule has 0 aliphatic carbocycles. The Hall–Kier alpha value is -1.45. The number of nitrogens with zero attached hydrogens (tertiary/aromatic N) is 2. The summed E-state index contributed by atoms with van der Waals surface area (Å²) >= 11 is 6.91. The number of sulfonamides is 1. The summed E-state index contributed by atoms with van der Waals surface area (Å²) in [7, 11) is -3.50. The van der Waals surface area contributed by atoms with Crippen LogP contribution in [-0.4, -0.2) is 62.8 Å². The molecule has 2 aromatic rings. The Kier molecular flexibility index (Phi) is 6.88. The van der Waals surface area contributed by atoms with Gasteiger partial charge in [0.1, 0.15) is 4.21 Å². The van der Waals surface area contributed by atoms with Crippen molar-refractivity contribution in [2.75, 3.05) is 39.3 Å². The van der Waals surface area contributed by atoms with Gasteiger partial charge >= 0.3 is 0 Å². The summed E-state index contributed by atoms with van der Waals surface area (Å²) in [5.74, 6) is -0.0349. The zero-order valence-electron chi connectivity index (χ0n) is 14.8. The average molecular weight is 428 g/mol. The molecule has 1 N–H and O–H groups in total. The summed E-state index contributed by atoms with van der Waals surface area (Å²) in [6, 6.07) is 13.1. The van der Waals surface area contributed by atoms with Crippen molar-refractivity contribution in [2.45, 2.75) is 10.6 Å². The standard InChI is InChI=1S/C18H22ClN3O3S2/c19-16-6-7-18(26-16)27(24,25)22-12-10-21(11-13-22)14-17(23)20-9-8-15-4-2-1-3-5-15/h1-7H,8-14H2,(H,20,23). The van der Waals surface area contributed by atoms with Crippen LogP contribution in [0.5, 0.6) is 0 Å². The van der Waals surface area contributed by atoms with Crippen molar-refractivity contribution in [1.29, 1.82) is 0 Å². The highest BCUT2D eigenvalue weighted by Crippen LogP contribution is 2.28. The van der Waals surface area contributed by atoms with E-state index >= 15 is 0 Å². The van der Waals surface area contributed by atoms with Gasteiger partial charge in [-0.25, -0.2) is 8.42 Å².